The van der Waals surface area contributed by atoms with Gasteiger partial charge in [0.25, 0.3) is 5.91 Å². The number of thiazole rings is 1. The van der Waals surface area contributed by atoms with E-state index in [4.69, 9.17) is 4.74 Å². The molecular formula is C18H23N3O2S. The van der Waals surface area contributed by atoms with Crippen molar-refractivity contribution in [2.24, 2.45) is 0 Å². The zero-order valence-electron chi connectivity index (χ0n) is 14.1. The third kappa shape index (κ3) is 4.13. The standard InChI is InChI=1S/C18H23N3O2S/c1-13-20-16(12-24-13)11-19-15-5-3-14(4-6-15)18(22)21(2)17-7-9-23-10-8-17/h3-6,12,17,19H,7-11H2,1-2H3. The summed E-state index contributed by atoms with van der Waals surface area (Å²) in [6.07, 6.45) is 1.82. The number of carbonyl (C=O) groups is 1. The fourth-order valence-corrected chi connectivity index (χ4v) is 3.47. The van der Waals surface area contributed by atoms with E-state index in [9.17, 15) is 4.79 Å². The van der Waals surface area contributed by atoms with Crippen molar-refractivity contribution >= 4 is 22.9 Å². The van der Waals surface area contributed by atoms with E-state index < -0.39 is 0 Å². The molecule has 24 heavy (non-hydrogen) atoms. The van der Waals surface area contributed by atoms with Crippen LogP contribution in [-0.2, 0) is 11.3 Å². The lowest BCUT2D eigenvalue weighted by Gasteiger charge is -2.31. The van der Waals surface area contributed by atoms with E-state index in [2.05, 4.69) is 15.7 Å². The molecule has 1 N–H and O–H groups in total. The van der Waals surface area contributed by atoms with Gasteiger partial charge in [0.1, 0.15) is 0 Å². The van der Waals surface area contributed by atoms with Gasteiger partial charge in [-0.2, -0.15) is 0 Å². The number of aromatic nitrogens is 1. The molecule has 0 spiro atoms. The molecule has 0 bridgehead atoms. The second-order valence-corrected chi connectivity index (χ2v) is 7.11. The Morgan fingerprint density at radius 2 is 2.04 bits per heavy atom. The zero-order chi connectivity index (χ0) is 16.9. The van der Waals surface area contributed by atoms with E-state index in [0.717, 1.165) is 48.0 Å². The first-order valence-electron chi connectivity index (χ1n) is 8.23. The van der Waals surface area contributed by atoms with E-state index >= 15 is 0 Å². The Balaban J connectivity index is 1.57. The first-order valence-corrected chi connectivity index (χ1v) is 9.11. The van der Waals surface area contributed by atoms with Crippen molar-refractivity contribution < 1.29 is 9.53 Å². The SMILES string of the molecule is Cc1nc(CNc2ccc(C(=O)N(C)C3CCOCC3)cc2)cs1. The quantitative estimate of drug-likeness (QED) is 0.903. The number of carbonyl (C=O) groups excluding carboxylic acids is 1. The molecule has 1 fully saturated rings. The summed E-state index contributed by atoms with van der Waals surface area (Å²) in [5.74, 6) is 0.0728. The minimum atomic E-state index is 0.0728. The zero-order valence-corrected chi connectivity index (χ0v) is 14.9. The van der Waals surface area contributed by atoms with Crippen molar-refractivity contribution in [3.63, 3.8) is 0 Å². The van der Waals surface area contributed by atoms with Crippen molar-refractivity contribution in [3.8, 4) is 0 Å². The molecule has 1 aromatic heterocycles. The highest BCUT2D eigenvalue weighted by Gasteiger charge is 2.23. The molecule has 2 heterocycles. The van der Waals surface area contributed by atoms with Crippen LogP contribution in [-0.4, -0.2) is 42.1 Å². The van der Waals surface area contributed by atoms with Gasteiger partial charge in [-0.05, 0) is 44.0 Å². The normalized spacial score (nSPS) is 15.2. The number of aryl methyl sites for hydroxylation is 1. The smallest absolute Gasteiger partial charge is 0.253 e. The van der Waals surface area contributed by atoms with Crippen LogP contribution in [0.3, 0.4) is 0 Å². The lowest BCUT2D eigenvalue weighted by Crippen LogP contribution is -2.40. The molecule has 1 amide bonds. The van der Waals surface area contributed by atoms with Crippen LogP contribution in [0.4, 0.5) is 5.69 Å². The number of anilines is 1. The van der Waals surface area contributed by atoms with Crippen molar-refractivity contribution in [1.29, 1.82) is 0 Å². The van der Waals surface area contributed by atoms with Gasteiger partial charge < -0.3 is 15.0 Å². The molecule has 0 saturated carbocycles. The Bertz CT molecular complexity index is 678. The van der Waals surface area contributed by atoms with Gasteiger partial charge in [0.05, 0.1) is 17.2 Å². The molecule has 1 aliphatic rings. The molecule has 3 rings (SSSR count). The topological polar surface area (TPSA) is 54.5 Å². The molecule has 0 aliphatic carbocycles. The van der Waals surface area contributed by atoms with Gasteiger partial charge in [0.2, 0.25) is 0 Å². The minimum absolute atomic E-state index is 0.0728. The highest BCUT2D eigenvalue weighted by atomic mass is 32.1. The van der Waals surface area contributed by atoms with E-state index in [0.29, 0.717) is 6.54 Å². The van der Waals surface area contributed by atoms with Crippen LogP contribution in [0.15, 0.2) is 29.6 Å². The van der Waals surface area contributed by atoms with Gasteiger partial charge in [-0.3, -0.25) is 4.79 Å². The Hall–Kier alpha value is -1.92. The van der Waals surface area contributed by atoms with Crippen LogP contribution >= 0.6 is 11.3 Å². The van der Waals surface area contributed by atoms with E-state index in [1.165, 1.54) is 0 Å². The molecule has 0 unspecified atom stereocenters. The van der Waals surface area contributed by atoms with Crippen molar-refractivity contribution in [3.05, 3.63) is 45.9 Å². The number of hydrogen-bond acceptors (Lipinski definition) is 5. The maximum Gasteiger partial charge on any atom is 0.253 e. The van der Waals surface area contributed by atoms with E-state index in [1.807, 2.05) is 43.1 Å². The van der Waals surface area contributed by atoms with E-state index in [-0.39, 0.29) is 11.9 Å². The highest BCUT2D eigenvalue weighted by molar-refractivity contribution is 7.09. The third-order valence-corrected chi connectivity index (χ3v) is 5.15. The lowest BCUT2D eigenvalue weighted by atomic mass is 10.1. The Labute approximate surface area is 146 Å². The first-order chi connectivity index (χ1) is 11.6. The molecular weight excluding hydrogens is 322 g/mol. The van der Waals surface area contributed by atoms with Gasteiger partial charge in [0, 0.05) is 42.9 Å². The molecule has 2 aromatic rings. The van der Waals surface area contributed by atoms with Crippen molar-refractivity contribution in [2.45, 2.75) is 32.4 Å². The Morgan fingerprint density at radius 1 is 1.33 bits per heavy atom. The van der Waals surface area contributed by atoms with Gasteiger partial charge in [-0.15, -0.1) is 11.3 Å². The van der Waals surface area contributed by atoms with Crippen LogP contribution in [0.1, 0.15) is 33.9 Å². The highest BCUT2D eigenvalue weighted by Crippen LogP contribution is 2.18. The summed E-state index contributed by atoms with van der Waals surface area (Å²) >= 11 is 1.65. The molecule has 0 atom stereocenters. The van der Waals surface area contributed by atoms with Crippen LogP contribution in [0.5, 0.6) is 0 Å². The largest absolute Gasteiger partial charge is 0.381 e. The Morgan fingerprint density at radius 3 is 2.67 bits per heavy atom. The molecule has 0 radical (unpaired) electrons. The summed E-state index contributed by atoms with van der Waals surface area (Å²) in [4.78, 5) is 18.9. The van der Waals surface area contributed by atoms with Crippen LogP contribution in [0.2, 0.25) is 0 Å². The third-order valence-electron chi connectivity index (χ3n) is 4.33. The van der Waals surface area contributed by atoms with Crippen LogP contribution in [0.25, 0.3) is 0 Å². The molecule has 1 aliphatic heterocycles. The summed E-state index contributed by atoms with van der Waals surface area (Å²) < 4.78 is 5.37. The number of amides is 1. The molecule has 5 nitrogen and oxygen atoms in total. The second-order valence-electron chi connectivity index (χ2n) is 6.05. The summed E-state index contributed by atoms with van der Waals surface area (Å²) in [6.45, 7) is 4.17. The number of hydrogen-bond donors (Lipinski definition) is 1. The predicted octanol–water partition coefficient (Wildman–Crippen LogP) is 3.31. The number of nitrogens with zero attached hydrogens (tertiary/aromatic N) is 2. The Kier molecular flexibility index (Phi) is 5.48. The van der Waals surface area contributed by atoms with Gasteiger partial charge in [-0.25, -0.2) is 4.98 Å². The van der Waals surface area contributed by atoms with Gasteiger partial charge in [-0.1, -0.05) is 0 Å². The number of rotatable bonds is 5. The van der Waals surface area contributed by atoms with Crippen molar-refractivity contribution in [1.82, 2.24) is 9.88 Å². The predicted molar refractivity (Wildman–Crippen MR) is 96.6 cm³/mol. The number of benzene rings is 1. The number of nitrogens with one attached hydrogen (secondary N) is 1. The maximum atomic E-state index is 12.6. The summed E-state index contributed by atoms with van der Waals surface area (Å²) in [5.41, 5.74) is 2.75. The second kappa shape index (κ2) is 7.77. The van der Waals surface area contributed by atoms with Crippen molar-refractivity contribution in [2.75, 3.05) is 25.6 Å². The average Bonchev–Trinajstić information content (AvgIpc) is 3.05. The van der Waals surface area contributed by atoms with Crippen LogP contribution < -0.4 is 5.32 Å². The summed E-state index contributed by atoms with van der Waals surface area (Å²) in [6, 6.07) is 7.94. The number of ether oxygens (including phenoxy) is 1. The fourth-order valence-electron chi connectivity index (χ4n) is 2.85. The average molecular weight is 345 g/mol. The molecule has 128 valence electrons. The fraction of sp³-hybridized carbons (Fsp3) is 0.444. The van der Waals surface area contributed by atoms with Gasteiger partial charge >= 0.3 is 0 Å². The van der Waals surface area contributed by atoms with Gasteiger partial charge in [0.15, 0.2) is 0 Å². The monoisotopic (exact) mass is 345 g/mol. The van der Waals surface area contributed by atoms with Crippen LogP contribution in [0, 0.1) is 6.92 Å². The summed E-state index contributed by atoms with van der Waals surface area (Å²) in [5, 5.41) is 6.47. The molecule has 1 saturated heterocycles. The lowest BCUT2D eigenvalue weighted by molar-refractivity contribution is 0.0362. The minimum Gasteiger partial charge on any atom is -0.381 e. The molecule has 1 aromatic carbocycles. The first kappa shape index (κ1) is 16.9. The summed E-state index contributed by atoms with van der Waals surface area (Å²) in [7, 11) is 1.88. The van der Waals surface area contributed by atoms with E-state index in [1.54, 1.807) is 11.3 Å². The molecule has 6 heteroatoms. The maximum absolute atomic E-state index is 12.6.